The van der Waals surface area contributed by atoms with E-state index in [-0.39, 0.29) is 0 Å². The van der Waals surface area contributed by atoms with Crippen LogP contribution in [-0.4, -0.2) is 24.0 Å². The number of hydrogen-bond acceptors (Lipinski definition) is 1. The molecule has 2 heteroatoms. The van der Waals surface area contributed by atoms with E-state index in [1.54, 1.807) is 0 Å². The minimum Gasteiger partial charge on any atom is -0.300 e. The molecule has 0 radical (unpaired) electrons. The molecule has 1 aliphatic heterocycles. The third kappa shape index (κ3) is 2.01. The van der Waals surface area contributed by atoms with Crippen molar-refractivity contribution in [1.82, 2.24) is 4.90 Å². The van der Waals surface area contributed by atoms with Crippen molar-refractivity contribution in [3.63, 3.8) is 0 Å². The summed E-state index contributed by atoms with van der Waals surface area (Å²) in [4.78, 5) is 2.51. The van der Waals surface area contributed by atoms with Gasteiger partial charge in [0.2, 0.25) is 0 Å². The highest BCUT2D eigenvalue weighted by Crippen LogP contribution is 2.29. The van der Waals surface area contributed by atoms with Gasteiger partial charge in [-0.3, -0.25) is 4.90 Å². The van der Waals surface area contributed by atoms with Gasteiger partial charge in [0.15, 0.2) is 0 Å². The van der Waals surface area contributed by atoms with E-state index in [0.717, 1.165) is 5.92 Å². The quantitative estimate of drug-likeness (QED) is 0.783. The van der Waals surface area contributed by atoms with Gasteiger partial charge in [-0.25, -0.2) is 0 Å². The van der Waals surface area contributed by atoms with Crippen molar-refractivity contribution < 1.29 is 0 Å². The monoisotopic (exact) mass is 253 g/mol. The summed E-state index contributed by atoms with van der Waals surface area (Å²) in [6.45, 7) is 6.97. The van der Waals surface area contributed by atoms with Gasteiger partial charge in [0.1, 0.15) is 0 Å². The first-order valence-corrected chi connectivity index (χ1v) is 5.95. The van der Waals surface area contributed by atoms with Crippen LogP contribution in [0.25, 0.3) is 0 Å². The molecule has 0 saturated carbocycles. The second-order valence-corrected chi connectivity index (χ2v) is 5.21. The molecule has 0 unspecified atom stereocenters. The highest BCUT2D eigenvalue weighted by molar-refractivity contribution is 9.10. The molecule has 0 N–H and O–H groups in total. The maximum Gasteiger partial charge on any atom is 0.0175 e. The summed E-state index contributed by atoms with van der Waals surface area (Å²) in [5.41, 5.74) is 1.48. The molecule has 0 aromatic heterocycles. The van der Waals surface area contributed by atoms with Crippen LogP contribution in [0.15, 0.2) is 28.7 Å². The molecule has 1 fully saturated rings. The van der Waals surface area contributed by atoms with Crippen LogP contribution in [0.4, 0.5) is 0 Å². The van der Waals surface area contributed by atoms with Crippen molar-refractivity contribution in [3.8, 4) is 0 Å². The zero-order valence-electron chi connectivity index (χ0n) is 8.70. The summed E-state index contributed by atoms with van der Waals surface area (Å²) in [6, 6.07) is 9.42. The van der Waals surface area contributed by atoms with E-state index < -0.39 is 0 Å². The lowest BCUT2D eigenvalue weighted by molar-refractivity contribution is 0.110. The lowest BCUT2D eigenvalue weighted by Gasteiger charge is -2.42. The van der Waals surface area contributed by atoms with Crippen molar-refractivity contribution >= 4 is 15.9 Å². The van der Waals surface area contributed by atoms with Crippen molar-refractivity contribution in [2.24, 2.45) is 0 Å². The Morgan fingerprint density at radius 3 is 2.29 bits per heavy atom. The van der Waals surface area contributed by atoms with Crippen molar-refractivity contribution in [2.75, 3.05) is 13.1 Å². The molecule has 0 aliphatic carbocycles. The van der Waals surface area contributed by atoms with E-state index >= 15 is 0 Å². The predicted octanol–water partition coefficient (Wildman–Crippen LogP) is 3.26. The van der Waals surface area contributed by atoms with E-state index in [0.29, 0.717) is 6.04 Å². The third-order valence-corrected chi connectivity index (χ3v) is 3.51. The summed E-state index contributed by atoms with van der Waals surface area (Å²) in [5.74, 6) is 0.755. The van der Waals surface area contributed by atoms with E-state index in [4.69, 9.17) is 0 Å². The smallest absolute Gasteiger partial charge is 0.0175 e. The van der Waals surface area contributed by atoms with E-state index in [1.807, 2.05) is 0 Å². The summed E-state index contributed by atoms with van der Waals surface area (Å²) in [6.07, 6.45) is 0. The second kappa shape index (κ2) is 4.03. The topological polar surface area (TPSA) is 3.24 Å². The Morgan fingerprint density at radius 2 is 1.79 bits per heavy atom. The first-order valence-electron chi connectivity index (χ1n) is 5.16. The van der Waals surface area contributed by atoms with Gasteiger partial charge < -0.3 is 0 Å². The van der Waals surface area contributed by atoms with Crippen LogP contribution in [0, 0.1) is 0 Å². The first kappa shape index (κ1) is 10.2. The van der Waals surface area contributed by atoms with E-state index in [1.165, 1.54) is 23.1 Å². The van der Waals surface area contributed by atoms with Gasteiger partial charge in [0, 0.05) is 29.5 Å². The minimum atomic E-state index is 0.696. The van der Waals surface area contributed by atoms with Gasteiger partial charge in [0.25, 0.3) is 0 Å². The average Bonchev–Trinajstić information content (AvgIpc) is 2.05. The van der Waals surface area contributed by atoms with Crippen LogP contribution in [0.5, 0.6) is 0 Å². The fourth-order valence-electron chi connectivity index (χ4n) is 1.88. The van der Waals surface area contributed by atoms with Crippen molar-refractivity contribution in [1.29, 1.82) is 0 Å². The molecule has 1 aliphatic rings. The molecule has 2 rings (SSSR count). The number of likely N-dealkylation sites (tertiary alicyclic amines) is 1. The Balaban J connectivity index is 1.96. The Labute approximate surface area is 94.2 Å². The third-order valence-electron chi connectivity index (χ3n) is 2.98. The molecule has 1 heterocycles. The molecule has 1 aromatic carbocycles. The van der Waals surface area contributed by atoms with Crippen molar-refractivity contribution in [3.05, 3.63) is 34.3 Å². The molecule has 1 aromatic rings. The summed E-state index contributed by atoms with van der Waals surface area (Å²) < 4.78 is 1.17. The van der Waals surface area contributed by atoms with Crippen LogP contribution < -0.4 is 0 Å². The van der Waals surface area contributed by atoms with Crippen LogP contribution >= 0.6 is 15.9 Å². The van der Waals surface area contributed by atoms with E-state index in [2.05, 4.69) is 58.9 Å². The molecule has 1 saturated heterocycles. The number of nitrogens with zero attached hydrogens (tertiary/aromatic N) is 1. The molecule has 1 nitrogen and oxygen atoms in total. The lowest BCUT2D eigenvalue weighted by Crippen LogP contribution is -2.48. The standard InChI is InChI=1S/C12H16BrN/c1-9(2)14-7-11(8-14)10-3-5-12(13)6-4-10/h3-6,9,11H,7-8H2,1-2H3. The largest absolute Gasteiger partial charge is 0.300 e. The number of halogens is 1. The first-order chi connectivity index (χ1) is 6.66. The van der Waals surface area contributed by atoms with Crippen molar-refractivity contribution in [2.45, 2.75) is 25.8 Å². The minimum absolute atomic E-state index is 0.696. The average molecular weight is 254 g/mol. The predicted molar refractivity (Wildman–Crippen MR) is 63.6 cm³/mol. The highest BCUT2D eigenvalue weighted by Gasteiger charge is 2.29. The number of rotatable bonds is 2. The molecule has 14 heavy (non-hydrogen) atoms. The maximum absolute atomic E-state index is 3.46. The lowest BCUT2D eigenvalue weighted by atomic mass is 9.90. The molecule has 0 atom stereocenters. The zero-order valence-corrected chi connectivity index (χ0v) is 10.3. The fourth-order valence-corrected chi connectivity index (χ4v) is 2.14. The molecular weight excluding hydrogens is 238 g/mol. The van der Waals surface area contributed by atoms with Gasteiger partial charge in [-0.1, -0.05) is 28.1 Å². The maximum atomic E-state index is 3.46. The van der Waals surface area contributed by atoms with Gasteiger partial charge in [-0.05, 0) is 31.5 Å². The van der Waals surface area contributed by atoms with Crippen LogP contribution in [0.3, 0.4) is 0 Å². The SMILES string of the molecule is CC(C)N1CC(c2ccc(Br)cc2)C1. The fraction of sp³-hybridized carbons (Fsp3) is 0.500. The summed E-state index contributed by atoms with van der Waals surface area (Å²) in [5, 5.41) is 0. The molecule has 0 amide bonds. The number of benzene rings is 1. The number of hydrogen-bond donors (Lipinski definition) is 0. The van der Waals surface area contributed by atoms with Crippen LogP contribution in [0.1, 0.15) is 25.3 Å². The Morgan fingerprint density at radius 1 is 1.21 bits per heavy atom. The Bertz CT molecular complexity index is 299. The van der Waals surface area contributed by atoms with Gasteiger partial charge >= 0.3 is 0 Å². The summed E-state index contributed by atoms with van der Waals surface area (Å²) >= 11 is 3.46. The normalized spacial score (nSPS) is 18.6. The van der Waals surface area contributed by atoms with Crippen LogP contribution in [-0.2, 0) is 0 Å². The van der Waals surface area contributed by atoms with Crippen LogP contribution in [0.2, 0.25) is 0 Å². The second-order valence-electron chi connectivity index (χ2n) is 4.30. The van der Waals surface area contributed by atoms with Gasteiger partial charge in [-0.15, -0.1) is 0 Å². The van der Waals surface area contributed by atoms with Gasteiger partial charge in [-0.2, -0.15) is 0 Å². The Kier molecular flexibility index (Phi) is 2.93. The molecule has 0 bridgehead atoms. The summed E-state index contributed by atoms with van der Waals surface area (Å²) in [7, 11) is 0. The molecule has 76 valence electrons. The molecular formula is C12H16BrN. The molecule has 0 spiro atoms. The zero-order chi connectivity index (χ0) is 10.1. The van der Waals surface area contributed by atoms with E-state index in [9.17, 15) is 0 Å². The Hall–Kier alpha value is -0.340. The highest BCUT2D eigenvalue weighted by atomic mass is 79.9. The van der Waals surface area contributed by atoms with Gasteiger partial charge in [0.05, 0.1) is 0 Å².